The van der Waals surface area contributed by atoms with Crippen molar-refractivity contribution < 1.29 is 18.3 Å². The highest BCUT2D eigenvalue weighted by molar-refractivity contribution is 8.13. The minimum atomic E-state index is -3.74. The molecule has 0 bridgehead atoms. The molecule has 9 heteroatoms. The van der Waals surface area contributed by atoms with Crippen molar-refractivity contribution in [3.8, 4) is 0 Å². The maximum atomic E-state index is 11.9. The van der Waals surface area contributed by atoms with E-state index < -0.39 is 15.7 Å². The largest absolute Gasteiger partial charge is 0.366 e. The number of rotatable bonds is 3. The molecular weight excluding hydrogens is 324 g/mol. The molecule has 0 aliphatic carbocycles. The molecule has 110 valence electrons. The maximum Gasteiger partial charge on any atom is 0.284 e. The Morgan fingerprint density at radius 1 is 1.50 bits per heavy atom. The van der Waals surface area contributed by atoms with E-state index in [1.165, 1.54) is 37.2 Å². The molecule has 1 aromatic rings. The Balaban J connectivity index is 2.56. The van der Waals surface area contributed by atoms with Crippen molar-refractivity contribution in [2.75, 3.05) is 19.8 Å². The molecule has 6 nitrogen and oxygen atoms in total. The van der Waals surface area contributed by atoms with Crippen LogP contribution in [0.2, 0.25) is 5.02 Å². The van der Waals surface area contributed by atoms with E-state index in [4.69, 9.17) is 11.6 Å². The number of aliphatic hydroxyl groups is 1. The monoisotopic (exact) mass is 336 g/mol. The van der Waals surface area contributed by atoms with E-state index in [-0.39, 0.29) is 20.9 Å². The first-order chi connectivity index (χ1) is 9.22. The fourth-order valence-electron chi connectivity index (χ4n) is 1.85. The molecule has 2 rings (SSSR count). The van der Waals surface area contributed by atoms with Gasteiger partial charge in [-0.15, -0.1) is 0 Å². The Morgan fingerprint density at radius 2 is 2.15 bits per heavy atom. The Hall–Kier alpha value is -0.800. The van der Waals surface area contributed by atoms with Crippen molar-refractivity contribution >= 4 is 38.6 Å². The molecule has 0 spiro atoms. The van der Waals surface area contributed by atoms with Gasteiger partial charge in [-0.3, -0.25) is 4.79 Å². The molecule has 1 fully saturated rings. The van der Waals surface area contributed by atoms with E-state index in [9.17, 15) is 18.3 Å². The summed E-state index contributed by atoms with van der Waals surface area (Å²) in [5, 5.41) is 10.4. The average molecular weight is 337 g/mol. The van der Waals surface area contributed by atoms with Gasteiger partial charge in [0.2, 0.25) is 10.0 Å². The highest BCUT2D eigenvalue weighted by atomic mass is 35.5. The zero-order valence-electron chi connectivity index (χ0n) is 10.8. The summed E-state index contributed by atoms with van der Waals surface area (Å²) < 4.78 is 25.9. The van der Waals surface area contributed by atoms with Crippen molar-refractivity contribution in [1.29, 1.82) is 0 Å². The molecule has 1 aliphatic rings. The molecule has 1 heterocycles. The summed E-state index contributed by atoms with van der Waals surface area (Å²) >= 11 is 6.86. The lowest BCUT2D eigenvalue weighted by atomic mass is 10.0. The zero-order valence-corrected chi connectivity index (χ0v) is 13.1. The number of halogens is 1. The molecule has 0 saturated carbocycles. The third-order valence-corrected chi connectivity index (χ3v) is 6.14. The predicted molar refractivity (Wildman–Crippen MR) is 77.2 cm³/mol. The number of nitrogens with zero attached hydrogens (tertiary/aromatic N) is 1. The topological polar surface area (TPSA) is 86.7 Å². The zero-order chi connectivity index (χ0) is 15.1. The second-order valence-corrected chi connectivity index (χ2v) is 7.47. The van der Waals surface area contributed by atoms with E-state index in [2.05, 4.69) is 4.72 Å². The lowest BCUT2D eigenvalue weighted by Gasteiger charge is -2.30. The summed E-state index contributed by atoms with van der Waals surface area (Å²) in [4.78, 5) is 12.6. The lowest BCUT2D eigenvalue weighted by molar-refractivity contribution is -0.0430. The number of hydrogen-bond acceptors (Lipinski definition) is 5. The number of benzene rings is 1. The van der Waals surface area contributed by atoms with E-state index >= 15 is 0 Å². The first kappa shape index (κ1) is 15.6. The third kappa shape index (κ3) is 2.42. The van der Waals surface area contributed by atoms with Crippen LogP contribution in [0.4, 0.5) is 4.79 Å². The third-order valence-electron chi connectivity index (χ3n) is 3.18. The number of carbonyl (C=O) groups is 1. The van der Waals surface area contributed by atoms with E-state index in [0.717, 1.165) is 11.8 Å². The molecule has 20 heavy (non-hydrogen) atoms. The van der Waals surface area contributed by atoms with Crippen LogP contribution in [-0.2, 0) is 15.7 Å². The SMILES string of the molecule is CNS(=O)(=O)c1cc(C2(O)CSC(=O)N2C)ccc1Cl. The summed E-state index contributed by atoms with van der Waals surface area (Å²) in [5.74, 6) is 0.128. The molecular formula is C11H13ClN2O4S2. The first-order valence-corrected chi connectivity index (χ1v) is 8.43. The molecule has 1 aromatic carbocycles. The molecule has 1 amide bonds. The van der Waals surface area contributed by atoms with Crippen molar-refractivity contribution in [1.82, 2.24) is 9.62 Å². The minimum absolute atomic E-state index is 0.0475. The average Bonchev–Trinajstić information content (AvgIpc) is 2.68. The van der Waals surface area contributed by atoms with E-state index in [1.54, 1.807) is 0 Å². The Morgan fingerprint density at radius 3 is 2.65 bits per heavy atom. The summed E-state index contributed by atoms with van der Waals surface area (Å²) in [5.41, 5.74) is -1.23. The second-order valence-electron chi connectivity index (χ2n) is 4.28. The maximum absolute atomic E-state index is 11.9. The lowest BCUT2D eigenvalue weighted by Crippen LogP contribution is -2.42. The van der Waals surface area contributed by atoms with Gasteiger partial charge in [0, 0.05) is 12.6 Å². The van der Waals surface area contributed by atoms with Crippen LogP contribution in [0.5, 0.6) is 0 Å². The van der Waals surface area contributed by atoms with Gasteiger partial charge in [0.25, 0.3) is 5.24 Å². The second kappa shape index (κ2) is 5.19. The smallest absolute Gasteiger partial charge is 0.284 e. The highest BCUT2D eigenvalue weighted by Crippen LogP contribution is 2.39. The number of nitrogens with one attached hydrogen (secondary N) is 1. The van der Waals surface area contributed by atoms with Gasteiger partial charge in [-0.2, -0.15) is 0 Å². The van der Waals surface area contributed by atoms with Crippen molar-refractivity contribution in [3.05, 3.63) is 28.8 Å². The van der Waals surface area contributed by atoms with Crippen molar-refractivity contribution in [2.45, 2.75) is 10.6 Å². The van der Waals surface area contributed by atoms with Gasteiger partial charge in [-0.1, -0.05) is 29.4 Å². The van der Waals surface area contributed by atoms with Gasteiger partial charge >= 0.3 is 0 Å². The number of carbonyl (C=O) groups excluding carboxylic acids is 1. The van der Waals surface area contributed by atoms with E-state index in [1.807, 2.05) is 0 Å². The molecule has 1 saturated heterocycles. The molecule has 1 unspecified atom stereocenters. The van der Waals surface area contributed by atoms with Crippen LogP contribution in [0.25, 0.3) is 0 Å². The molecule has 0 radical (unpaired) electrons. The normalized spacial score (nSPS) is 23.4. The summed E-state index contributed by atoms with van der Waals surface area (Å²) in [6.45, 7) is 0. The molecule has 2 N–H and O–H groups in total. The van der Waals surface area contributed by atoms with Crippen molar-refractivity contribution in [2.24, 2.45) is 0 Å². The van der Waals surface area contributed by atoms with Gasteiger partial charge in [-0.05, 0) is 19.2 Å². The Bertz CT molecular complexity index is 664. The van der Waals surface area contributed by atoms with Crippen LogP contribution in [0.15, 0.2) is 23.1 Å². The van der Waals surface area contributed by atoms with Crippen LogP contribution < -0.4 is 4.72 Å². The number of amides is 1. The van der Waals surface area contributed by atoms with Gasteiger partial charge in [0.15, 0.2) is 5.72 Å². The highest BCUT2D eigenvalue weighted by Gasteiger charge is 2.44. The fourth-order valence-corrected chi connectivity index (χ4v) is 4.13. The summed E-state index contributed by atoms with van der Waals surface area (Å²) in [6, 6.07) is 4.18. The van der Waals surface area contributed by atoms with Crippen molar-refractivity contribution in [3.63, 3.8) is 0 Å². The number of hydrogen-bond donors (Lipinski definition) is 2. The standard InChI is InChI=1S/C11H13ClN2O4S2/c1-13-20(17,18)9-5-7(3-4-8(9)12)11(16)6-19-10(15)14(11)2/h3-5,13,16H,6H2,1-2H3. The van der Waals surface area contributed by atoms with Gasteiger partial charge < -0.3 is 10.0 Å². The van der Waals surface area contributed by atoms with Crippen LogP contribution in [0.3, 0.4) is 0 Å². The number of thioether (sulfide) groups is 1. The van der Waals surface area contributed by atoms with Gasteiger partial charge in [-0.25, -0.2) is 13.1 Å². The van der Waals surface area contributed by atoms with Crippen LogP contribution in [-0.4, -0.2) is 43.5 Å². The van der Waals surface area contributed by atoms with Crippen LogP contribution in [0.1, 0.15) is 5.56 Å². The molecule has 1 atom stereocenters. The molecule has 0 aromatic heterocycles. The fraction of sp³-hybridized carbons (Fsp3) is 0.364. The van der Waals surface area contributed by atoms with Crippen LogP contribution >= 0.6 is 23.4 Å². The summed E-state index contributed by atoms with van der Waals surface area (Å²) in [6.07, 6.45) is 0. The Kier molecular flexibility index (Phi) is 4.05. The minimum Gasteiger partial charge on any atom is -0.366 e. The van der Waals surface area contributed by atoms with Crippen LogP contribution in [0, 0.1) is 0 Å². The predicted octanol–water partition coefficient (Wildman–Crippen LogP) is 1.19. The van der Waals surface area contributed by atoms with Gasteiger partial charge in [0.1, 0.15) is 4.90 Å². The first-order valence-electron chi connectivity index (χ1n) is 5.59. The molecule has 1 aliphatic heterocycles. The quantitative estimate of drug-likeness (QED) is 0.866. The Labute approximate surface area is 126 Å². The summed E-state index contributed by atoms with van der Waals surface area (Å²) in [7, 11) is -1.01. The van der Waals surface area contributed by atoms with Gasteiger partial charge in [0.05, 0.1) is 10.8 Å². The number of sulfonamides is 1. The van der Waals surface area contributed by atoms with E-state index in [0.29, 0.717) is 5.56 Å².